The van der Waals surface area contributed by atoms with Crippen molar-refractivity contribution in [3.8, 4) is 5.88 Å². The third-order valence-corrected chi connectivity index (χ3v) is 2.79. The number of nitrogens with one attached hydrogen (secondary N) is 1. The molecular weight excluding hydrogens is 206 g/mol. The molecular formula is C11H15N3O2. The van der Waals surface area contributed by atoms with E-state index < -0.39 is 0 Å². The summed E-state index contributed by atoms with van der Waals surface area (Å²) in [6.45, 7) is 0.705. The Balaban J connectivity index is 2.28. The molecule has 1 aliphatic rings. The van der Waals surface area contributed by atoms with E-state index >= 15 is 0 Å². The number of methoxy groups -OCH3 is 1. The van der Waals surface area contributed by atoms with Gasteiger partial charge in [0.05, 0.1) is 7.11 Å². The van der Waals surface area contributed by atoms with Crippen molar-refractivity contribution in [2.24, 2.45) is 0 Å². The predicted octanol–water partition coefficient (Wildman–Crippen LogP) is 0.666. The maximum atomic E-state index is 11.3. The maximum absolute atomic E-state index is 11.3. The van der Waals surface area contributed by atoms with Crippen LogP contribution in [0.15, 0.2) is 12.1 Å². The second-order valence-electron chi connectivity index (χ2n) is 3.87. The number of carbonyl (C=O) groups excluding carboxylic acids is 1. The SMILES string of the molecule is COc1nc(N)ccc1[C@@H]1CCNC(=O)C1. The van der Waals surface area contributed by atoms with Gasteiger partial charge in [-0.25, -0.2) is 0 Å². The number of amides is 1. The van der Waals surface area contributed by atoms with Crippen LogP contribution in [0.5, 0.6) is 5.88 Å². The quantitative estimate of drug-likeness (QED) is 0.769. The molecule has 0 aromatic carbocycles. The summed E-state index contributed by atoms with van der Waals surface area (Å²) in [6, 6.07) is 3.63. The first-order chi connectivity index (χ1) is 7.70. The first-order valence-electron chi connectivity index (χ1n) is 5.28. The van der Waals surface area contributed by atoms with E-state index in [4.69, 9.17) is 10.5 Å². The highest BCUT2D eigenvalue weighted by Gasteiger charge is 2.23. The van der Waals surface area contributed by atoms with Crippen molar-refractivity contribution in [3.05, 3.63) is 17.7 Å². The summed E-state index contributed by atoms with van der Waals surface area (Å²) in [4.78, 5) is 15.4. The van der Waals surface area contributed by atoms with Crippen LogP contribution in [0.1, 0.15) is 24.3 Å². The van der Waals surface area contributed by atoms with Gasteiger partial charge in [0.2, 0.25) is 11.8 Å². The zero-order valence-electron chi connectivity index (χ0n) is 9.19. The highest BCUT2D eigenvalue weighted by atomic mass is 16.5. The van der Waals surface area contributed by atoms with E-state index in [-0.39, 0.29) is 11.8 Å². The van der Waals surface area contributed by atoms with E-state index in [9.17, 15) is 4.79 Å². The molecule has 2 heterocycles. The highest BCUT2D eigenvalue weighted by Crippen LogP contribution is 2.32. The molecule has 1 aromatic heterocycles. The van der Waals surface area contributed by atoms with Crippen LogP contribution in [0.4, 0.5) is 5.82 Å². The fourth-order valence-corrected chi connectivity index (χ4v) is 1.99. The number of hydrogen-bond donors (Lipinski definition) is 2. The van der Waals surface area contributed by atoms with Crippen LogP contribution in [0, 0.1) is 0 Å². The van der Waals surface area contributed by atoms with Crippen LogP contribution in [-0.2, 0) is 4.79 Å². The molecule has 0 unspecified atom stereocenters. The smallest absolute Gasteiger partial charge is 0.220 e. The molecule has 1 aromatic rings. The van der Waals surface area contributed by atoms with E-state index in [0.717, 1.165) is 12.0 Å². The maximum Gasteiger partial charge on any atom is 0.220 e. The zero-order chi connectivity index (χ0) is 11.5. The molecule has 2 rings (SSSR count). The van der Waals surface area contributed by atoms with E-state index in [1.165, 1.54) is 0 Å². The van der Waals surface area contributed by atoms with Crippen molar-refractivity contribution in [1.29, 1.82) is 0 Å². The van der Waals surface area contributed by atoms with Crippen molar-refractivity contribution in [2.75, 3.05) is 19.4 Å². The molecule has 3 N–H and O–H groups in total. The van der Waals surface area contributed by atoms with Gasteiger partial charge in [0.1, 0.15) is 5.82 Å². The molecule has 0 saturated carbocycles. The van der Waals surface area contributed by atoms with E-state index in [1.54, 1.807) is 13.2 Å². The molecule has 0 spiro atoms. The molecule has 86 valence electrons. The van der Waals surface area contributed by atoms with Crippen molar-refractivity contribution in [3.63, 3.8) is 0 Å². The molecule has 5 heteroatoms. The van der Waals surface area contributed by atoms with Crippen LogP contribution in [-0.4, -0.2) is 24.5 Å². The molecule has 0 bridgehead atoms. The summed E-state index contributed by atoms with van der Waals surface area (Å²) in [5.41, 5.74) is 6.55. The van der Waals surface area contributed by atoms with Gasteiger partial charge in [-0.15, -0.1) is 0 Å². The van der Waals surface area contributed by atoms with Crippen LogP contribution in [0.3, 0.4) is 0 Å². The minimum Gasteiger partial charge on any atom is -0.481 e. The number of rotatable bonds is 2. The Morgan fingerprint density at radius 2 is 2.38 bits per heavy atom. The molecule has 0 aliphatic carbocycles. The van der Waals surface area contributed by atoms with E-state index in [1.807, 2.05) is 6.07 Å². The van der Waals surface area contributed by atoms with E-state index in [2.05, 4.69) is 10.3 Å². The highest BCUT2D eigenvalue weighted by molar-refractivity contribution is 5.77. The van der Waals surface area contributed by atoms with Crippen molar-refractivity contribution >= 4 is 11.7 Å². The predicted molar refractivity (Wildman–Crippen MR) is 60.2 cm³/mol. The summed E-state index contributed by atoms with van der Waals surface area (Å²) in [7, 11) is 1.56. The van der Waals surface area contributed by atoms with Gasteiger partial charge in [-0.05, 0) is 24.5 Å². The standard InChI is InChI=1S/C11H15N3O2/c1-16-11-8(2-3-9(12)14-11)7-4-5-13-10(15)6-7/h2-3,7H,4-6H2,1H3,(H2,12,14)(H,13,15)/t7-/m1/s1. The number of anilines is 1. The van der Waals surface area contributed by atoms with Gasteiger partial charge in [0.25, 0.3) is 0 Å². The monoisotopic (exact) mass is 221 g/mol. The molecule has 1 saturated heterocycles. The first kappa shape index (κ1) is 10.7. The van der Waals surface area contributed by atoms with Gasteiger partial charge < -0.3 is 15.8 Å². The lowest BCUT2D eigenvalue weighted by Crippen LogP contribution is -2.32. The number of carbonyl (C=O) groups is 1. The van der Waals surface area contributed by atoms with Crippen molar-refractivity contribution in [2.45, 2.75) is 18.8 Å². The molecule has 1 aliphatic heterocycles. The molecule has 1 amide bonds. The molecule has 5 nitrogen and oxygen atoms in total. The van der Waals surface area contributed by atoms with Gasteiger partial charge in [-0.3, -0.25) is 4.79 Å². The minimum atomic E-state index is 0.0788. The van der Waals surface area contributed by atoms with Crippen LogP contribution < -0.4 is 15.8 Å². The second kappa shape index (κ2) is 4.38. The van der Waals surface area contributed by atoms with Gasteiger partial charge >= 0.3 is 0 Å². The Morgan fingerprint density at radius 3 is 3.06 bits per heavy atom. The average Bonchev–Trinajstić information content (AvgIpc) is 2.28. The largest absolute Gasteiger partial charge is 0.481 e. The Morgan fingerprint density at radius 1 is 1.56 bits per heavy atom. The number of aromatic nitrogens is 1. The third kappa shape index (κ3) is 2.08. The summed E-state index contributed by atoms with van der Waals surface area (Å²) in [5, 5.41) is 2.81. The number of nitrogens with two attached hydrogens (primary N) is 1. The summed E-state index contributed by atoms with van der Waals surface area (Å²) in [5.74, 6) is 1.22. The summed E-state index contributed by atoms with van der Waals surface area (Å²) in [6.07, 6.45) is 1.40. The third-order valence-electron chi connectivity index (χ3n) is 2.79. The van der Waals surface area contributed by atoms with Crippen LogP contribution in [0.25, 0.3) is 0 Å². The number of nitrogen functional groups attached to an aromatic ring is 1. The van der Waals surface area contributed by atoms with Gasteiger partial charge in [-0.2, -0.15) is 4.98 Å². The number of ether oxygens (including phenoxy) is 1. The van der Waals surface area contributed by atoms with E-state index in [0.29, 0.717) is 24.7 Å². The lowest BCUT2D eigenvalue weighted by Gasteiger charge is -2.23. The second-order valence-corrected chi connectivity index (χ2v) is 3.87. The topological polar surface area (TPSA) is 77.2 Å². The lowest BCUT2D eigenvalue weighted by atomic mass is 9.90. The minimum absolute atomic E-state index is 0.0788. The number of nitrogens with zero attached hydrogens (tertiary/aromatic N) is 1. The number of hydrogen-bond acceptors (Lipinski definition) is 4. The van der Waals surface area contributed by atoms with Crippen LogP contribution >= 0.6 is 0 Å². The number of piperidine rings is 1. The van der Waals surface area contributed by atoms with Gasteiger partial charge in [0, 0.05) is 18.5 Å². The first-order valence-corrected chi connectivity index (χ1v) is 5.28. The van der Waals surface area contributed by atoms with Crippen LogP contribution in [0.2, 0.25) is 0 Å². The molecule has 1 atom stereocenters. The zero-order valence-corrected chi connectivity index (χ0v) is 9.19. The Hall–Kier alpha value is -1.78. The molecule has 16 heavy (non-hydrogen) atoms. The lowest BCUT2D eigenvalue weighted by molar-refractivity contribution is -0.122. The molecule has 1 fully saturated rings. The van der Waals surface area contributed by atoms with Crippen molar-refractivity contribution in [1.82, 2.24) is 10.3 Å². The van der Waals surface area contributed by atoms with Gasteiger partial charge in [-0.1, -0.05) is 0 Å². The fourth-order valence-electron chi connectivity index (χ4n) is 1.99. The average molecular weight is 221 g/mol. The Bertz CT molecular complexity index is 406. The normalized spacial score (nSPS) is 20.3. The Kier molecular flexibility index (Phi) is 2.94. The number of pyridine rings is 1. The molecule has 0 radical (unpaired) electrons. The van der Waals surface area contributed by atoms with Gasteiger partial charge in [0.15, 0.2) is 0 Å². The summed E-state index contributed by atoms with van der Waals surface area (Å²) >= 11 is 0. The summed E-state index contributed by atoms with van der Waals surface area (Å²) < 4.78 is 5.19. The fraction of sp³-hybridized carbons (Fsp3) is 0.455. The Labute approximate surface area is 94.0 Å². The van der Waals surface area contributed by atoms with Crippen molar-refractivity contribution < 1.29 is 9.53 Å².